The zero-order chi connectivity index (χ0) is 33.6. The highest BCUT2D eigenvalue weighted by Crippen LogP contribution is 2.33. The molecule has 0 spiro atoms. The van der Waals surface area contributed by atoms with E-state index in [-0.39, 0.29) is 40.8 Å². The SMILES string of the molecule is Cc1ccc(-c2cc(C(F)(F)F)nn2-c2ccc(S(=O)(=O)NC(=O)C3CCCN(/[N+]([O-])=N\OCOC(=O)OC(C)C)C3)cc2)cc1. The van der Waals surface area contributed by atoms with Crippen LogP contribution in [-0.4, -0.2) is 66.2 Å². The number of halogens is 3. The van der Waals surface area contributed by atoms with Crippen molar-refractivity contribution in [2.45, 2.75) is 50.8 Å². The van der Waals surface area contributed by atoms with E-state index in [1.165, 1.54) is 12.1 Å². The maximum Gasteiger partial charge on any atom is 0.511 e. The van der Waals surface area contributed by atoms with Crippen molar-refractivity contribution in [2.24, 2.45) is 11.2 Å². The van der Waals surface area contributed by atoms with E-state index in [4.69, 9.17) is 4.74 Å². The van der Waals surface area contributed by atoms with Crippen LogP contribution in [0.1, 0.15) is 37.9 Å². The normalized spacial score (nSPS) is 15.8. The standard InChI is InChI=1S/C28H31F3N6O8S/c1-18(2)45-27(39)43-17-44-34-37(40)35-14-4-5-21(16-35)26(38)33-46(41,42)23-12-10-22(11-13-23)36-24(15-25(32-36)28(29,30)31)20-8-6-19(3)7-9-20/h6-13,15,18,21H,4-5,14,16-17H2,1-3H3,(H,33,38)/b37-34+. The van der Waals surface area contributed by atoms with Gasteiger partial charge in [0.15, 0.2) is 5.69 Å². The third-order valence-electron chi connectivity index (χ3n) is 6.68. The van der Waals surface area contributed by atoms with E-state index >= 15 is 0 Å². The smallest absolute Gasteiger partial charge is 0.511 e. The number of piperidine rings is 1. The van der Waals surface area contributed by atoms with Crippen LogP contribution in [0.3, 0.4) is 0 Å². The summed E-state index contributed by atoms with van der Waals surface area (Å²) in [6, 6.07) is 12.5. The maximum atomic E-state index is 13.5. The summed E-state index contributed by atoms with van der Waals surface area (Å²) in [5, 5.41) is 20.3. The van der Waals surface area contributed by atoms with Crippen molar-refractivity contribution in [3.8, 4) is 16.9 Å². The van der Waals surface area contributed by atoms with Crippen LogP contribution in [0.25, 0.3) is 16.9 Å². The molecule has 14 nitrogen and oxygen atoms in total. The fourth-order valence-corrected chi connectivity index (χ4v) is 5.48. The number of hydrogen-bond acceptors (Lipinski definition) is 10. The fraction of sp³-hybridized carbons (Fsp3) is 0.393. The molecule has 1 amide bonds. The van der Waals surface area contributed by atoms with Crippen LogP contribution in [-0.2, 0) is 35.3 Å². The average molecular weight is 669 g/mol. The molecule has 0 saturated carbocycles. The molecule has 0 aliphatic carbocycles. The van der Waals surface area contributed by atoms with E-state index < -0.39 is 52.8 Å². The minimum Gasteiger partial charge on any atom is -0.569 e. The number of hydrogen-bond donors (Lipinski definition) is 1. The average Bonchev–Trinajstić information content (AvgIpc) is 3.46. The summed E-state index contributed by atoms with van der Waals surface area (Å²) in [7, 11) is -4.39. The number of rotatable bonds is 10. The summed E-state index contributed by atoms with van der Waals surface area (Å²) < 4.78 is 79.0. The summed E-state index contributed by atoms with van der Waals surface area (Å²) in [4.78, 5) is 28.6. The maximum absolute atomic E-state index is 13.5. The number of alkyl halides is 3. The van der Waals surface area contributed by atoms with Gasteiger partial charge in [-0.1, -0.05) is 29.8 Å². The Kier molecular flexibility index (Phi) is 10.4. The Morgan fingerprint density at radius 1 is 1.15 bits per heavy atom. The second-order valence-corrected chi connectivity index (χ2v) is 12.2. The number of carbonyl (C=O) groups is 2. The number of benzene rings is 2. The molecular formula is C28H31F3N6O8S. The molecule has 1 unspecified atom stereocenters. The van der Waals surface area contributed by atoms with Crippen LogP contribution in [0.15, 0.2) is 64.8 Å². The molecule has 1 saturated heterocycles. The van der Waals surface area contributed by atoms with Crippen LogP contribution in [0.2, 0.25) is 0 Å². The number of amides is 1. The van der Waals surface area contributed by atoms with Crippen molar-refractivity contribution in [3.05, 3.63) is 71.1 Å². The Balaban J connectivity index is 1.42. The van der Waals surface area contributed by atoms with E-state index in [0.29, 0.717) is 12.0 Å². The summed E-state index contributed by atoms with van der Waals surface area (Å²) in [6.07, 6.45) is -5.52. The molecule has 248 valence electrons. The zero-order valence-corrected chi connectivity index (χ0v) is 25.7. The summed E-state index contributed by atoms with van der Waals surface area (Å²) in [5.74, 6) is -1.78. The molecule has 3 aromatic rings. The van der Waals surface area contributed by atoms with Crippen molar-refractivity contribution in [3.63, 3.8) is 0 Å². The van der Waals surface area contributed by atoms with Gasteiger partial charge in [0.25, 0.3) is 16.8 Å². The second kappa shape index (κ2) is 14.1. The molecule has 1 atom stereocenters. The number of carbonyl (C=O) groups excluding carboxylic acids is 2. The third kappa shape index (κ3) is 8.64. The van der Waals surface area contributed by atoms with E-state index in [1.54, 1.807) is 38.1 Å². The van der Waals surface area contributed by atoms with E-state index in [2.05, 4.69) is 20.0 Å². The lowest BCUT2D eigenvalue weighted by atomic mass is 9.99. The van der Waals surface area contributed by atoms with Gasteiger partial charge in [0, 0.05) is 5.56 Å². The number of aromatic nitrogens is 2. The summed E-state index contributed by atoms with van der Waals surface area (Å²) in [5.41, 5.74) is 0.552. The Bertz CT molecular complexity index is 1680. The lowest BCUT2D eigenvalue weighted by Crippen LogP contribution is -2.46. The highest BCUT2D eigenvalue weighted by molar-refractivity contribution is 7.90. The van der Waals surface area contributed by atoms with Crippen LogP contribution in [0.4, 0.5) is 18.0 Å². The van der Waals surface area contributed by atoms with Gasteiger partial charge in [-0.25, -0.2) is 22.6 Å². The topological polar surface area (TPSA) is 167 Å². The van der Waals surface area contributed by atoms with Gasteiger partial charge in [-0.15, -0.1) is 5.01 Å². The van der Waals surface area contributed by atoms with E-state index in [9.17, 15) is 36.4 Å². The molecule has 0 bridgehead atoms. The monoisotopic (exact) mass is 668 g/mol. The van der Waals surface area contributed by atoms with Crippen LogP contribution in [0.5, 0.6) is 0 Å². The first-order valence-corrected chi connectivity index (χ1v) is 15.4. The highest BCUT2D eigenvalue weighted by atomic mass is 32.2. The summed E-state index contributed by atoms with van der Waals surface area (Å²) >= 11 is 0. The molecule has 46 heavy (non-hydrogen) atoms. The Labute approximate surface area is 261 Å². The molecule has 2 heterocycles. The van der Waals surface area contributed by atoms with Gasteiger partial charge in [-0.05, 0) is 63.9 Å². The highest BCUT2D eigenvalue weighted by Gasteiger charge is 2.36. The predicted octanol–water partition coefficient (Wildman–Crippen LogP) is 4.71. The lowest BCUT2D eigenvalue weighted by Gasteiger charge is -2.27. The zero-order valence-electron chi connectivity index (χ0n) is 24.9. The first-order chi connectivity index (χ1) is 21.6. The van der Waals surface area contributed by atoms with Gasteiger partial charge >= 0.3 is 12.3 Å². The van der Waals surface area contributed by atoms with E-state index in [1.807, 2.05) is 11.6 Å². The van der Waals surface area contributed by atoms with Crippen molar-refractivity contribution < 1.29 is 50.5 Å². The number of ether oxygens (including phenoxy) is 2. The first-order valence-electron chi connectivity index (χ1n) is 13.9. The van der Waals surface area contributed by atoms with Crippen molar-refractivity contribution >= 4 is 22.1 Å². The largest absolute Gasteiger partial charge is 0.569 e. The van der Waals surface area contributed by atoms with Crippen molar-refractivity contribution in [2.75, 3.05) is 19.9 Å². The molecule has 18 heteroatoms. The molecule has 1 aliphatic rings. The molecule has 1 aromatic heterocycles. The molecule has 1 N–H and O–H groups in total. The summed E-state index contributed by atoms with van der Waals surface area (Å²) in [6.45, 7) is 4.37. The van der Waals surface area contributed by atoms with Crippen LogP contribution < -0.4 is 4.72 Å². The quantitative estimate of drug-likeness (QED) is 0.0798. The van der Waals surface area contributed by atoms with Crippen molar-refractivity contribution in [1.82, 2.24) is 19.5 Å². The second-order valence-electron chi connectivity index (χ2n) is 10.5. The third-order valence-corrected chi connectivity index (χ3v) is 8.04. The first kappa shape index (κ1) is 34.0. The van der Waals surface area contributed by atoms with Crippen LogP contribution >= 0.6 is 0 Å². The molecule has 4 rings (SSSR count). The molecule has 1 fully saturated rings. The molecule has 2 aromatic carbocycles. The van der Waals surface area contributed by atoms with Gasteiger partial charge in [-0.3, -0.25) is 4.79 Å². The Morgan fingerprint density at radius 2 is 1.83 bits per heavy atom. The van der Waals surface area contributed by atoms with Gasteiger partial charge < -0.3 is 19.5 Å². The Morgan fingerprint density at radius 3 is 2.46 bits per heavy atom. The minimum absolute atomic E-state index is 0.0636. The predicted molar refractivity (Wildman–Crippen MR) is 153 cm³/mol. The number of nitrogens with zero attached hydrogens (tertiary/aromatic N) is 5. The van der Waals surface area contributed by atoms with Gasteiger partial charge in [0.1, 0.15) is 0 Å². The molecule has 0 radical (unpaired) electrons. The Hall–Kier alpha value is -4.87. The molecular weight excluding hydrogens is 637 g/mol. The number of nitrogens with one attached hydrogen (secondary N) is 1. The van der Waals surface area contributed by atoms with Gasteiger partial charge in [0.05, 0.1) is 46.4 Å². The lowest BCUT2D eigenvalue weighted by molar-refractivity contribution is -0.714. The van der Waals surface area contributed by atoms with E-state index in [0.717, 1.165) is 33.5 Å². The molecule has 1 aliphatic heterocycles. The van der Waals surface area contributed by atoms with Crippen LogP contribution in [0, 0.1) is 18.0 Å². The van der Waals surface area contributed by atoms with Crippen molar-refractivity contribution in [1.29, 1.82) is 0 Å². The van der Waals surface area contributed by atoms with Gasteiger partial charge in [-0.2, -0.15) is 18.3 Å². The number of sulfonamides is 1. The number of aryl methyl sites for hydroxylation is 1. The number of hydrazine groups is 1. The van der Waals surface area contributed by atoms with Gasteiger partial charge in [0.2, 0.25) is 11.2 Å². The minimum atomic E-state index is -4.71. The fourth-order valence-electron chi connectivity index (χ4n) is 4.44.